The van der Waals surface area contributed by atoms with E-state index in [-0.39, 0.29) is 4.90 Å². The Kier molecular flexibility index (Phi) is 5.66. The minimum atomic E-state index is -3.74. The van der Waals surface area contributed by atoms with Crippen LogP contribution in [0, 0.1) is 0 Å². The predicted octanol–water partition coefficient (Wildman–Crippen LogP) is 4.01. The number of rotatable bonds is 7. The standard InChI is InChI=1S/C24H21N7O2S/c25-34(32,33)21-9-6-19(7-10-21)29-24-26-13-12-23(30-24)28-20-8-11-22-18(14-20)15-27-31(22)16-17-4-2-1-3-5-17/h1-15H,16H2,(H2,25,32,33)(H2,26,28,29,30). The van der Waals surface area contributed by atoms with Crippen molar-refractivity contribution >= 4 is 44.1 Å². The molecule has 0 aliphatic carbocycles. The van der Waals surface area contributed by atoms with Gasteiger partial charge >= 0.3 is 0 Å². The van der Waals surface area contributed by atoms with Gasteiger partial charge in [0, 0.05) is 23.0 Å². The van der Waals surface area contributed by atoms with Gasteiger partial charge in [-0.1, -0.05) is 30.3 Å². The number of nitrogens with zero attached hydrogens (tertiary/aromatic N) is 4. The number of hydrogen-bond acceptors (Lipinski definition) is 7. The Morgan fingerprint density at radius 3 is 2.41 bits per heavy atom. The largest absolute Gasteiger partial charge is 0.340 e. The summed E-state index contributed by atoms with van der Waals surface area (Å²) in [6, 6.07) is 24.0. The first kappa shape index (κ1) is 21.6. The van der Waals surface area contributed by atoms with Gasteiger partial charge in [-0.25, -0.2) is 18.5 Å². The molecule has 2 aromatic heterocycles. The SMILES string of the molecule is NS(=O)(=O)c1ccc(Nc2nccc(Nc3ccc4c(cnn4Cc4ccccc4)c3)n2)cc1. The van der Waals surface area contributed by atoms with Gasteiger partial charge in [-0.05, 0) is 54.1 Å². The second-order valence-corrected chi connectivity index (χ2v) is 9.21. The summed E-state index contributed by atoms with van der Waals surface area (Å²) in [5.74, 6) is 0.972. The van der Waals surface area contributed by atoms with E-state index in [1.54, 1.807) is 24.4 Å². The molecule has 5 aromatic rings. The summed E-state index contributed by atoms with van der Waals surface area (Å²) >= 11 is 0. The molecule has 0 saturated heterocycles. The highest BCUT2D eigenvalue weighted by Crippen LogP contribution is 2.23. The molecule has 10 heteroatoms. The van der Waals surface area contributed by atoms with Crippen LogP contribution in [0.25, 0.3) is 10.9 Å². The molecule has 0 aliphatic rings. The summed E-state index contributed by atoms with van der Waals surface area (Å²) in [4.78, 5) is 8.74. The fraction of sp³-hybridized carbons (Fsp3) is 0.0417. The minimum absolute atomic E-state index is 0.0388. The maximum Gasteiger partial charge on any atom is 0.238 e. The van der Waals surface area contributed by atoms with Gasteiger partial charge in [0.2, 0.25) is 16.0 Å². The van der Waals surface area contributed by atoms with Crippen molar-refractivity contribution in [2.24, 2.45) is 5.14 Å². The molecule has 0 unspecified atom stereocenters. The molecular formula is C24H21N7O2S. The molecule has 0 saturated carbocycles. The monoisotopic (exact) mass is 471 g/mol. The van der Waals surface area contributed by atoms with E-state index in [0.29, 0.717) is 24.0 Å². The van der Waals surface area contributed by atoms with Crippen molar-refractivity contribution in [1.29, 1.82) is 0 Å². The number of fused-ring (bicyclic) bond motifs is 1. The maximum absolute atomic E-state index is 11.4. The van der Waals surface area contributed by atoms with E-state index in [4.69, 9.17) is 5.14 Å². The number of benzene rings is 3. The van der Waals surface area contributed by atoms with Crippen LogP contribution in [-0.2, 0) is 16.6 Å². The van der Waals surface area contributed by atoms with Crippen molar-refractivity contribution in [1.82, 2.24) is 19.7 Å². The van der Waals surface area contributed by atoms with E-state index in [1.165, 1.54) is 17.7 Å². The van der Waals surface area contributed by atoms with Crippen LogP contribution in [0.1, 0.15) is 5.56 Å². The topological polar surface area (TPSA) is 128 Å². The number of aromatic nitrogens is 4. The van der Waals surface area contributed by atoms with Crippen molar-refractivity contribution in [2.45, 2.75) is 11.4 Å². The predicted molar refractivity (Wildman–Crippen MR) is 132 cm³/mol. The molecular weight excluding hydrogens is 450 g/mol. The zero-order valence-corrected chi connectivity index (χ0v) is 18.8. The van der Waals surface area contributed by atoms with Gasteiger partial charge in [-0.15, -0.1) is 0 Å². The van der Waals surface area contributed by atoms with Crippen molar-refractivity contribution in [2.75, 3.05) is 10.6 Å². The van der Waals surface area contributed by atoms with E-state index in [2.05, 4.69) is 37.8 Å². The third-order valence-electron chi connectivity index (χ3n) is 5.18. The number of primary sulfonamides is 1. The summed E-state index contributed by atoms with van der Waals surface area (Å²) in [6.45, 7) is 0.705. The van der Waals surface area contributed by atoms with Gasteiger partial charge in [0.25, 0.3) is 0 Å². The number of sulfonamides is 1. The molecule has 170 valence electrons. The molecule has 4 N–H and O–H groups in total. The summed E-state index contributed by atoms with van der Waals surface area (Å²) < 4.78 is 24.8. The molecule has 0 radical (unpaired) electrons. The lowest BCUT2D eigenvalue weighted by Crippen LogP contribution is -2.11. The smallest absolute Gasteiger partial charge is 0.238 e. The zero-order chi connectivity index (χ0) is 23.5. The third-order valence-corrected chi connectivity index (χ3v) is 6.11. The molecule has 5 rings (SSSR count). The van der Waals surface area contributed by atoms with Crippen molar-refractivity contribution in [3.63, 3.8) is 0 Å². The summed E-state index contributed by atoms with van der Waals surface area (Å²) in [7, 11) is -3.74. The van der Waals surface area contributed by atoms with Crippen molar-refractivity contribution in [3.8, 4) is 0 Å². The summed E-state index contributed by atoms with van der Waals surface area (Å²) in [5, 5.41) is 17.0. The van der Waals surface area contributed by atoms with Crippen LogP contribution >= 0.6 is 0 Å². The lowest BCUT2D eigenvalue weighted by atomic mass is 10.2. The van der Waals surface area contributed by atoms with Gasteiger partial charge in [-0.3, -0.25) is 4.68 Å². The highest BCUT2D eigenvalue weighted by atomic mass is 32.2. The first-order valence-electron chi connectivity index (χ1n) is 10.4. The third kappa shape index (κ3) is 4.87. The lowest BCUT2D eigenvalue weighted by molar-refractivity contribution is 0.598. The Morgan fingerprint density at radius 2 is 1.65 bits per heavy atom. The Balaban J connectivity index is 1.30. The van der Waals surface area contributed by atoms with Crippen LogP contribution in [0.4, 0.5) is 23.1 Å². The van der Waals surface area contributed by atoms with E-state index in [0.717, 1.165) is 16.6 Å². The average molecular weight is 472 g/mol. The maximum atomic E-state index is 11.4. The van der Waals surface area contributed by atoms with E-state index in [1.807, 2.05) is 47.3 Å². The summed E-state index contributed by atoms with van der Waals surface area (Å²) in [6.07, 6.45) is 3.48. The molecule has 3 aromatic carbocycles. The van der Waals surface area contributed by atoms with Crippen LogP contribution in [0.2, 0.25) is 0 Å². The van der Waals surface area contributed by atoms with Gasteiger partial charge in [0.05, 0.1) is 23.2 Å². The summed E-state index contributed by atoms with van der Waals surface area (Å²) in [5.41, 5.74) is 3.74. The molecule has 0 fully saturated rings. The first-order valence-corrected chi connectivity index (χ1v) is 12.0. The quantitative estimate of drug-likeness (QED) is 0.327. The Hall–Kier alpha value is -4.28. The average Bonchev–Trinajstić information content (AvgIpc) is 3.22. The van der Waals surface area contributed by atoms with Gasteiger partial charge in [0.1, 0.15) is 5.82 Å². The molecule has 0 spiro atoms. The molecule has 0 aliphatic heterocycles. The Bertz CT molecular complexity index is 1550. The number of hydrogen-bond donors (Lipinski definition) is 3. The van der Waals surface area contributed by atoms with E-state index >= 15 is 0 Å². The molecule has 0 bridgehead atoms. The van der Waals surface area contributed by atoms with Crippen molar-refractivity contribution in [3.05, 3.63) is 96.8 Å². The number of nitrogens with two attached hydrogens (primary N) is 1. The minimum Gasteiger partial charge on any atom is -0.340 e. The van der Waals surface area contributed by atoms with E-state index in [9.17, 15) is 8.42 Å². The van der Waals surface area contributed by atoms with Crippen LogP contribution in [0.5, 0.6) is 0 Å². The fourth-order valence-electron chi connectivity index (χ4n) is 3.54. The Morgan fingerprint density at radius 1 is 0.882 bits per heavy atom. The molecule has 0 atom stereocenters. The van der Waals surface area contributed by atoms with Crippen LogP contribution in [0.3, 0.4) is 0 Å². The highest BCUT2D eigenvalue weighted by molar-refractivity contribution is 7.89. The van der Waals surface area contributed by atoms with Crippen LogP contribution in [0.15, 0.2) is 96.2 Å². The normalized spacial score (nSPS) is 11.4. The molecule has 0 amide bonds. The van der Waals surface area contributed by atoms with Crippen LogP contribution in [-0.4, -0.2) is 28.2 Å². The molecule has 9 nitrogen and oxygen atoms in total. The second-order valence-electron chi connectivity index (χ2n) is 7.65. The van der Waals surface area contributed by atoms with Crippen molar-refractivity contribution < 1.29 is 8.42 Å². The molecule has 2 heterocycles. The fourth-order valence-corrected chi connectivity index (χ4v) is 4.06. The second kappa shape index (κ2) is 8.93. The Labute approximate surface area is 196 Å². The zero-order valence-electron chi connectivity index (χ0n) is 18.0. The molecule has 34 heavy (non-hydrogen) atoms. The highest BCUT2D eigenvalue weighted by Gasteiger charge is 2.08. The number of anilines is 4. The number of nitrogens with one attached hydrogen (secondary N) is 2. The van der Waals surface area contributed by atoms with Gasteiger partial charge < -0.3 is 10.6 Å². The van der Waals surface area contributed by atoms with Gasteiger partial charge in [-0.2, -0.15) is 10.1 Å². The van der Waals surface area contributed by atoms with Gasteiger partial charge in [0.15, 0.2) is 0 Å². The first-order chi connectivity index (χ1) is 16.4. The van der Waals surface area contributed by atoms with E-state index < -0.39 is 10.0 Å². The lowest BCUT2D eigenvalue weighted by Gasteiger charge is -2.09. The van der Waals surface area contributed by atoms with Crippen LogP contribution < -0.4 is 15.8 Å².